The summed E-state index contributed by atoms with van der Waals surface area (Å²) in [6.07, 6.45) is 2.30. The fourth-order valence-electron chi connectivity index (χ4n) is 6.37. The smallest absolute Gasteiger partial charge is 0.485 e. The Labute approximate surface area is 303 Å². The van der Waals surface area contributed by atoms with Gasteiger partial charge in [0.2, 0.25) is 5.75 Å². The van der Waals surface area contributed by atoms with E-state index < -0.39 is 22.9 Å². The zero-order valence-corrected chi connectivity index (χ0v) is 31.3. The van der Waals surface area contributed by atoms with Gasteiger partial charge in [0.25, 0.3) is 0 Å². The van der Waals surface area contributed by atoms with Crippen molar-refractivity contribution in [1.82, 2.24) is 4.57 Å². The van der Waals surface area contributed by atoms with Crippen LogP contribution in [-0.4, -0.2) is 44.4 Å². The Bertz CT molecular complexity index is 2100. The van der Waals surface area contributed by atoms with E-state index >= 15 is 0 Å². The van der Waals surface area contributed by atoms with Gasteiger partial charge in [0, 0.05) is 39.7 Å². The standard InChI is InChI=1S/C37H34BrNO3P.CHF3O3S/c1-39-25-32(31-24-27(38)20-21-33(31)39)37(26-22-34(40-2)36(42-4)35(23-26)41-3)43(28-14-8-5-9-15-28,29-16-10-6-11-17-29)30-18-12-7-13-19-30;2-1(3,4)8(5,6)7/h5-25,37H,1-4H3;(H,5,6,7)/q+1;/p-1. The molecular formula is C38H34BrF3NO6PS. The number of aryl methyl sites for hydroxylation is 1. The first-order chi connectivity index (χ1) is 24.3. The normalized spacial score (nSPS) is 12.5. The zero-order chi connectivity index (χ0) is 37.0. The number of methoxy groups -OCH3 is 3. The quantitative estimate of drug-likeness (QED) is 0.0835. The third-order valence-electron chi connectivity index (χ3n) is 8.44. The lowest BCUT2D eigenvalue weighted by Gasteiger charge is -2.35. The lowest BCUT2D eigenvalue weighted by atomic mass is 10.0. The fourth-order valence-corrected chi connectivity index (χ4v) is 11.7. The number of hydrogen-bond donors (Lipinski definition) is 0. The minimum atomic E-state index is -6.09. The maximum Gasteiger partial charge on any atom is 0.485 e. The van der Waals surface area contributed by atoms with Crippen molar-refractivity contribution < 1.29 is 40.4 Å². The number of nitrogens with zero attached hydrogens (tertiary/aromatic N) is 1. The number of rotatable bonds is 9. The van der Waals surface area contributed by atoms with Crippen molar-refractivity contribution in [2.45, 2.75) is 11.2 Å². The molecule has 0 aliphatic carbocycles. The van der Waals surface area contributed by atoms with Crippen molar-refractivity contribution in [2.75, 3.05) is 21.3 Å². The molecule has 0 saturated heterocycles. The molecule has 0 spiro atoms. The second kappa shape index (κ2) is 15.5. The van der Waals surface area contributed by atoms with E-state index in [4.69, 9.17) is 27.2 Å². The molecule has 1 atom stereocenters. The van der Waals surface area contributed by atoms with Gasteiger partial charge in [0.1, 0.15) is 28.8 Å². The molecule has 6 rings (SSSR count). The molecule has 0 amide bonds. The molecular weight excluding hydrogens is 766 g/mol. The van der Waals surface area contributed by atoms with Gasteiger partial charge in [-0.1, -0.05) is 70.5 Å². The summed E-state index contributed by atoms with van der Waals surface area (Å²) >= 11 is 3.77. The van der Waals surface area contributed by atoms with E-state index in [9.17, 15) is 13.2 Å². The number of hydrogen-bond acceptors (Lipinski definition) is 6. The fraction of sp³-hybridized carbons (Fsp3) is 0.158. The van der Waals surface area contributed by atoms with Crippen molar-refractivity contribution in [3.63, 3.8) is 0 Å². The highest BCUT2D eigenvalue weighted by Gasteiger charge is 2.55. The number of aromatic nitrogens is 1. The lowest BCUT2D eigenvalue weighted by molar-refractivity contribution is -0.0517. The SMILES string of the molecule is COc1cc(C(c2cn(C)c3ccc(Br)cc23)[P+](c2ccccc2)(c2ccccc2)c2ccccc2)cc(OC)c1OC.O=S(=O)([O-])C(F)(F)F. The first-order valence-corrected chi connectivity index (χ1v) is 19.5. The Kier molecular flexibility index (Phi) is 11.5. The molecule has 0 saturated carbocycles. The average molecular weight is 801 g/mol. The number of ether oxygens (including phenoxy) is 3. The Morgan fingerprint density at radius 3 is 1.53 bits per heavy atom. The topological polar surface area (TPSA) is 89.8 Å². The van der Waals surface area contributed by atoms with Crippen LogP contribution in [0.1, 0.15) is 16.8 Å². The van der Waals surface area contributed by atoms with E-state index in [-0.39, 0.29) is 5.66 Å². The van der Waals surface area contributed by atoms with Gasteiger partial charge in [-0.2, -0.15) is 13.2 Å². The highest BCUT2D eigenvalue weighted by Crippen LogP contribution is 2.70. The lowest BCUT2D eigenvalue weighted by Crippen LogP contribution is -2.35. The van der Waals surface area contributed by atoms with Crippen molar-refractivity contribution in [2.24, 2.45) is 7.05 Å². The third-order valence-corrected chi connectivity index (χ3v) is 14.2. The van der Waals surface area contributed by atoms with Crippen molar-refractivity contribution in [1.29, 1.82) is 0 Å². The maximum absolute atomic E-state index is 10.7. The number of halogens is 4. The molecule has 5 aromatic carbocycles. The molecule has 6 aromatic rings. The summed E-state index contributed by atoms with van der Waals surface area (Å²) in [5, 5.41) is 5.07. The van der Waals surface area contributed by atoms with E-state index in [1.54, 1.807) is 21.3 Å². The van der Waals surface area contributed by atoms with E-state index in [1.165, 1.54) is 32.4 Å². The van der Waals surface area contributed by atoms with Crippen LogP contribution in [0, 0.1) is 0 Å². The summed E-state index contributed by atoms with van der Waals surface area (Å²) in [6.45, 7) is 0. The molecule has 0 radical (unpaired) electrons. The van der Waals surface area contributed by atoms with Crippen LogP contribution in [0.3, 0.4) is 0 Å². The molecule has 0 bridgehead atoms. The Hall–Kier alpha value is -4.35. The third kappa shape index (κ3) is 7.51. The summed E-state index contributed by atoms with van der Waals surface area (Å²) < 4.78 is 79.8. The van der Waals surface area contributed by atoms with Gasteiger partial charge in [-0.15, -0.1) is 0 Å². The molecule has 0 aliphatic rings. The van der Waals surface area contributed by atoms with Gasteiger partial charge in [0.05, 0.1) is 21.3 Å². The van der Waals surface area contributed by atoms with E-state index in [1.807, 2.05) is 0 Å². The summed E-state index contributed by atoms with van der Waals surface area (Å²) in [5.41, 5.74) is -2.26. The minimum Gasteiger partial charge on any atom is -0.741 e. The van der Waals surface area contributed by atoms with Crippen LogP contribution in [0.4, 0.5) is 13.2 Å². The van der Waals surface area contributed by atoms with Crippen LogP contribution in [0.15, 0.2) is 132 Å². The minimum absolute atomic E-state index is 0.105. The second-order valence-electron chi connectivity index (χ2n) is 11.3. The highest BCUT2D eigenvalue weighted by atomic mass is 79.9. The second-order valence-corrected chi connectivity index (χ2v) is 17.1. The molecule has 0 aliphatic heterocycles. The Balaban J connectivity index is 0.000000565. The Morgan fingerprint density at radius 1 is 0.725 bits per heavy atom. The van der Waals surface area contributed by atoms with Gasteiger partial charge >= 0.3 is 5.51 Å². The van der Waals surface area contributed by atoms with Crippen LogP contribution in [0.2, 0.25) is 0 Å². The van der Waals surface area contributed by atoms with Crippen LogP contribution in [-0.2, 0) is 17.2 Å². The average Bonchev–Trinajstić information content (AvgIpc) is 3.44. The summed E-state index contributed by atoms with van der Waals surface area (Å²) in [5.74, 6) is 1.85. The predicted molar refractivity (Wildman–Crippen MR) is 199 cm³/mol. The van der Waals surface area contributed by atoms with Crippen molar-refractivity contribution >= 4 is 60.1 Å². The van der Waals surface area contributed by atoms with E-state index in [0.29, 0.717) is 17.2 Å². The summed E-state index contributed by atoms with van der Waals surface area (Å²) in [6, 6.07) is 43.8. The van der Waals surface area contributed by atoms with Crippen molar-refractivity contribution in [3.05, 3.63) is 143 Å². The summed E-state index contributed by atoms with van der Waals surface area (Å²) in [7, 11) is -1.44. The predicted octanol–water partition coefficient (Wildman–Crippen LogP) is 8.10. The van der Waals surface area contributed by atoms with Crippen LogP contribution in [0.25, 0.3) is 10.9 Å². The van der Waals surface area contributed by atoms with E-state index in [0.717, 1.165) is 10.0 Å². The first kappa shape index (κ1) is 37.9. The van der Waals surface area contributed by atoms with Crippen LogP contribution >= 0.6 is 23.2 Å². The number of fused-ring (bicyclic) bond motifs is 1. The van der Waals surface area contributed by atoms with Crippen LogP contribution in [0.5, 0.6) is 17.2 Å². The number of benzene rings is 5. The zero-order valence-electron chi connectivity index (χ0n) is 28.0. The number of alkyl halides is 3. The molecule has 51 heavy (non-hydrogen) atoms. The van der Waals surface area contributed by atoms with Gasteiger partial charge < -0.3 is 23.3 Å². The molecule has 1 heterocycles. The van der Waals surface area contributed by atoms with Crippen LogP contribution < -0.4 is 30.1 Å². The molecule has 1 unspecified atom stereocenters. The van der Waals surface area contributed by atoms with E-state index in [2.05, 4.69) is 155 Å². The van der Waals surface area contributed by atoms with Crippen molar-refractivity contribution in [3.8, 4) is 17.2 Å². The first-order valence-electron chi connectivity index (χ1n) is 15.4. The molecule has 13 heteroatoms. The van der Waals surface area contributed by atoms with Gasteiger partial charge in [-0.3, -0.25) is 0 Å². The Morgan fingerprint density at radius 2 is 1.16 bits per heavy atom. The largest absolute Gasteiger partial charge is 0.741 e. The van der Waals surface area contributed by atoms with Gasteiger partial charge in [0.15, 0.2) is 21.6 Å². The highest BCUT2D eigenvalue weighted by molar-refractivity contribution is 9.10. The summed E-state index contributed by atoms with van der Waals surface area (Å²) in [4.78, 5) is 0. The van der Waals surface area contributed by atoms with Gasteiger partial charge in [-0.05, 0) is 66.7 Å². The monoisotopic (exact) mass is 799 g/mol. The molecule has 266 valence electrons. The van der Waals surface area contributed by atoms with Gasteiger partial charge in [-0.25, -0.2) is 8.42 Å². The molecule has 7 nitrogen and oxygen atoms in total. The molecule has 0 N–H and O–H groups in total. The molecule has 1 aromatic heterocycles. The molecule has 0 fully saturated rings. The maximum atomic E-state index is 10.7.